The number of nitrogens with one attached hydrogen (secondary N) is 2. The van der Waals surface area contributed by atoms with Gasteiger partial charge in [0.2, 0.25) is 0 Å². The zero-order valence-corrected chi connectivity index (χ0v) is 14.6. The zero-order chi connectivity index (χ0) is 18.5. The smallest absolute Gasteiger partial charge is 0.310 e. The molecule has 136 valence electrons. The fourth-order valence-corrected chi connectivity index (χ4v) is 2.84. The number of hydrogen-bond acceptors (Lipinski definition) is 6. The van der Waals surface area contributed by atoms with Gasteiger partial charge in [0.15, 0.2) is 0 Å². The number of aryl methyl sites for hydroxylation is 1. The molecule has 3 aromatic rings. The van der Waals surface area contributed by atoms with Crippen molar-refractivity contribution in [2.75, 3.05) is 26.1 Å². The Morgan fingerprint density at radius 2 is 2.12 bits per heavy atom. The standard InChI is InChI=1S/C18H20N4O4/c1-25-13-9-16-14(18(10-13)26-2)8-12(21-16)4-3-6-20-15-5-7-19-11-17(15)22(23)24/h5,7-11,21H,3-4,6H2,1-2H3,(H,19,20). The van der Waals surface area contributed by atoms with Crippen LogP contribution in [-0.2, 0) is 6.42 Å². The Morgan fingerprint density at radius 1 is 1.27 bits per heavy atom. The molecule has 2 N–H and O–H groups in total. The Bertz CT molecular complexity index is 923. The molecule has 0 amide bonds. The van der Waals surface area contributed by atoms with E-state index in [2.05, 4.69) is 21.4 Å². The third-order valence-electron chi connectivity index (χ3n) is 4.12. The summed E-state index contributed by atoms with van der Waals surface area (Å²) in [7, 11) is 3.25. The number of hydrogen-bond donors (Lipinski definition) is 2. The fraction of sp³-hybridized carbons (Fsp3) is 0.278. The van der Waals surface area contributed by atoms with E-state index < -0.39 is 4.92 Å². The van der Waals surface area contributed by atoms with E-state index in [0.29, 0.717) is 12.2 Å². The number of aromatic nitrogens is 2. The first-order valence-electron chi connectivity index (χ1n) is 8.18. The van der Waals surface area contributed by atoms with Crippen molar-refractivity contribution < 1.29 is 14.4 Å². The van der Waals surface area contributed by atoms with E-state index in [1.54, 1.807) is 20.3 Å². The Labute approximate surface area is 150 Å². The van der Waals surface area contributed by atoms with Gasteiger partial charge in [0, 0.05) is 36.0 Å². The van der Waals surface area contributed by atoms with Crippen molar-refractivity contribution in [2.45, 2.75) is 12.8 Å². The van der Waals surface area contributed by atoms with E-state index in [1.165, 1.54) is 12.4 Å². The van der Waals surface area contributed by atoms with Gasteiger partial charge in [0.05, 0.1) is 24.7 Å². The number of nitrogens with zero attached hydrogens (tertiary/aromatic N) is 2. The van der Waals surface area contributed by atoms with Gasteiger partial charge in [-0.2, -0.15) is 0 Å². The molecule has 2 aromatic heterocycles. The van der Waals surface area contributed by atoms with E-state index in [-0.39, 0.29) is 5.69 Å². The summed E-state index contributed by atoms with van der Waals surface area (Å²) < 4.78 is 10.7. The summed E-state index contributed by atoms with van der Waals surface area (Å²) in [5.41, 5.74) is 2.48. The van der Waals surface area contributed by atoms with Crippen molar-refractivity contribution in [1.29, 1.82) is 0 Å². The monoisotopic (exact) mass is 356 g/mol. The number of ether oxygens (including phenoxy) is 2. The van der Waals surface area contributed by atoms with Gasteiger partial charge in [-0.3, -0.25) is 15.1 Å². The summed E-state index contributed by atoms with van der Waals surface area (Å²) in [4.78, 5) is 17.7. The molecule has 0 fully saturated rings. The number of rotatable bonds is 8. The van der Waals surface area contributed by atoms with Crippen LogP contribution in [0.4, 0.5) is 11.4 Å². The van der Waals surface area contributed by atoms with Crippen LogP contribution in [0.3, 0.4) is 0 Å². The molecule has 26 heavy (non-hydrogen) atoms. The number of methoxy groups -OCH3 is 2. The number of aromatic amines is 1. The normalized spacial score (nSPS) is 10.7. The van der Waals surface area contributed by atoms with Crippen LogP contribution in [0.15, 0.2) is 36.7 Å². The van der Waals surface area contributed by atoms with E-state index in [0.717, 1.165) is 40.9 Å². The van der Waals surface area contributed by atoms with Gasteiger partial charge in [-0.05, 0) is 25.0 Å². The highest BCUT2D eigenvalue weighted by molar-refractivity contribution is 5.88. The molecule has 0 radical (unpaired) electrons. The van der Waals surface area contributed by atoms with Gasteiger partial charge in [-0.25, -0.2) is 0 Å². The van der Waals surface area contributed by atoms with Crippen LogP contribution in [0.1, 0.15) is 12.1 Å². The Morgan fingerprint density at radius 3 is 2.85 bits per heavy atom. The van der Waals surface area contributed by atoms with Crippen LogP contribution >= 0.6 is 0 Å². The zero-order valence-electron chi connectivity index (χ0n) is 14.6. The van der Waals surface area contributed by atoms with Crippen molar-refractivity contribution in [2.24, 2.45) is 0 Å². The minimum Gasteiger partial charge on any atom is -0.497 e. The maximum Gasteiger partial charge on any atom is 0.310 e. The van der Waals surface area contributed by atoms with Gasteiger partial charge in [-0.1, -0.05) is 0 Å². The molecule has 0 saturated carbocycles. The molecular weight excluding hydrogens is 336 g/mol. The van der Waals surface area contributed by atoms with Crippen molar-refractivity contribution in [3.63, 3.8) is 0 Å². The molecule has 8 nitrogen and oxygen atoms in total. The van der Waals surface area contributed by atoms with E-state index in [9.17, 15) is 10.1 Å². The third kappa shape index (κ3) is 3.69. The van der Waals surface area contributed by atoms with Crippen molar-refractivity contribution in [3.05, 3.63) is 52.5 Å². The Kier molecular flexibility index (Phi) is 5.21. The summed E-state index contributed by atoms with van der Waals surface area (Å²) in [5, 5.41) is 15.1. The first kappa shape index (κ1) is 17.5. The van der Waals surface area contributed by atoms with Crippen LogP contribution in [0.5, 0.6) is 11.5 Å². The number of nitro groups is 1. The lowest BCUT2D eigenvalue weighted by molar-refractivity contribution is -0.384. The minimum atomic E-state index is -0.438. The largest absolute Gasteiger partial charge is 0.497 e. The highest BCUT2D eigenvalue weighted by Gasteiger charge is 2.13. The lowest BCUT2D eigenvalue weighted by atomic mass is 10.2. The molecule has 0 aliphatic carbocycles. The van der Waals surface area contributed by atoms with Gasteiger partial charge >= 0.3 is 5.69 Å². The second-order valence-corrected chi connectivity index (χ2v) is 5.77. The fourth-order valence-electron chi connectivity index (χ4n) is 2.84. The van der Waals surface area contributed by atoms with E-state index >= 15 is 0 Å². The molecule has 0 aliphatic rings. The quantitative estimate of drug-likeness (QED) is 0.364. The Hall–Kier alpha value is -3.29. The molecule has 3 rings (SSSR count). The van der Waals surface area contributed by atoms with Gasteiger partial charge < -0.3 is 19.8 Å². The summed E-state index contributed by atoms with van der Waals surface area (Å²) in [5.74, 6) is 1.49. The average molecular weight is 356 g/mol. The summed E-state index contributed by atoms with van der Waals surface area (Å²) >= 11 is 0. The second-order valence-electron chi connectivity index (χ2n) is 5.77. The molecule has 0 saturated heterocycles. The number of benzene rings is 1. The van der Waals surface area contributed by atoms with Crippen LogP contribution in [0, 0.1) is 10.1 Å². The van der Waals surface area contributed by atoms with E-state index in [4.69, 9.17) is 9.47 Å². The lowest BCUT2D eigenvalue weighted by Gasteiger charge is -2.05. The van der Waals surface area contributed by atoms with Crippen molar-refractivity contribution >= 4 is 22.3 Å². The summed E-state index contributed by atoms with van der Waals surface area (Å²) in [6.07, 6.45) is 4.39. The number of pyridine rings is 1. The van der Waals surface area contributed by atoms with Crippen LogP contribution in [-0.4, -0.2) is 35.7 Å². The molecule has 0 aliphatic heterocycles. The van der Waals surface area contributed by atoms with Gasteiger partial charge in [0.25, 0.3) is 0 Å². The third-order valence-corrected chi connectivity index (χ3v) is 4.12. The summed E-state index contributed by atoms with van der Waals surface area (Å²) in [6, 6.07) is 7.45. The maximum absolute atomic E-state index is 11.0. The van der Waals surface area contributed by atoms with Crippen LogP contribution in [0.25, 0.3) is 10.9 Å². The van der Waals surface area contributed by atoms with Crippen molar-refractivity contribution in [3.8, 4) is 11.5 Å². The molecule has 0 atom stereocenters. The predicted octanol–water partition coefficient (Wildman–Crippen LogP) is 3.53. The lowest BCUT2D eigenvalue weighted by Crippen LogP contribution is -2.05. The summed E-state index contributed by atoms with van der Waals surface area (Å²) in [6.45, 7) is 0.612. The molecular formula is C18H20N4O4. The van der Waals surface area contributed by atoms with Gasteiger partial charge in [0.1, 0.15) is 23.4 Å². The van der Waals surface area contributed by atoms with Crippen LogP contribution in [0.2, 0.25) is 0 Å². The topological polar surface area (TPSA) is 102 Å². The number of anilines is 1. The highest BCUT2D eigenvalue weighted by Crippen LogP contribution is 2.31. The first-order valence-corrected chi connectivity index (χ1v) is 8.18. The van der Waals surface area contributed by atoms with E-state index in [1.807, 2.05) is 12.1 Å². The number of fused-ring (bicyclic) bond motifs is 1. The Balaban J connectivity index is 1.65. The number of H-pyrrole nitrogens is 1. The van der Waals surface area contributed by atoms with Gasteiger partial charge in [-0.15, -0.1) is 0 Å². The molecule has 8 heteroatoms. The minimum absolute atomic E-state index is 0.0186. The second kappa shape index (κ2) is 7.73. The van der Waals surface area contributed by atoms with Crippen LogP contribution < -0.4 is 14.8 Å². The molecule has 1 aromatic carbocycles. The molecule has 0 unspecified atom stereocenters. The molecule has 0 spiro atoms. The maximum atomic E-state index is 11.0. The molecule has 0 bridgehead atoms. The molecule has 2 heterocycles. The van der Waals surface area contributed by atoms with Crippen molar-refractivity contribution in [1.82, 2.24) is 9.97 Å². The SMILES string of the molecule is COc1cc(OC)c2cc(CCCNc3ccncc3[N+](=O)[O-])[nH]c2c1. The highest BCUT2D eigenvalue weighted by atomic mass is 16.6. The first-order chi connectivity index (χ1) is 12.6. The predicted molar refractivity (Wildman–Crippen MR) is 99.1 cm³/mol. The average Bonchev–Trinajstić information content (AvgIpc) is 3.07.